The largest absolute Gasteiger partial charge is 0.481 e. The summed E-state index contributed by atoms with van der Waals surface area (Å²) >= 11 is 7.09. The summed E-state index contributed by atoms with van der Waals surface area (Å²) in [5, 5.41) is 11.1. The van der Waals surface area contributed by atoms with E-state index in [1.54, 1.807) is 18.4 Å². The summed E-state index contributed by atoms with van der Waals surface area (Å²) < 4.78 is 0. The van der Waals surface area contributed by atoms with E-state index in [1.165, 1.54) is 11.3 Å². The minimum absolute atomic E-state index is 0.139. The van der Waals surface area contributed by atoms with E-state index in [2.05, 4.69) is 0 Å². The number of ketones is 1. The van der Waals surface area contributed by atoms with E-state index in [0.717, 1.165) is 0 Å². The Kier molecular flexibility index (Phi) is 2.35. The molecule has 1 saturated carbocycles. The van der Waals surface area contributed by atoms with Gasteiger partial charge in [0.2, 0.25) is 0 Å². The summed E-state index contributed by atoms with van der Waals surface area (Å²) in [5.74, 6) is -1.46. The maximum atomic E-state index is 11.9. The van der Waals surface area contributed by atoms with E-state index in [4.69, 9.17) is 16.7 Å². The molecule has 1 aromatic heterocycles. The van der Waals surface area contributed by atoms with Crippen molar-refractivity contribution in [2.45, 2.75) is 13.3 Å². The number of aliphatic carboxylic acids is 1. The van der Waals surface area contributed by atoms with Crippen molar-refractivity contribution < 1.29 is 14.7 Å². The Labute approximate surface area is 95.7 Å². The molecule has 2 unspecified atom stereocenters. The molecular formula is C10H9ClO3S. The molecule has 15 heavy (non-hydrogen) atoms. The lowest BCUT2D eigenvalue weighted by Gasteiger charge is -2.02. The van der Waals surface area contributed by atoms with E-state index in [0.29, 0.717) is 16.3 Å². The Hall–Kier alpha value is -0.870. The van der Waals surface area contributed by atoms with Crippen molar-refractivity contribution in [2.24, 2.45) is 11.3 Å². The van der Waals surface area contributed by atoms with Crippen LogP contribution in [-0.2, 0) is 4.79 Å². The molecule has 1 N–H and O–H groups in total. The Morgan fingerprint density at radius 3 is 2.73 bits per heavy atom. The van der Waals surface area contributed by atoms with Gasteiger partial charge in [-0.05, 0) is 24.8 Å². The maximum absolute atomic E-state index is 11.9. The van der Waals surface area contributed by atoms with Gasteiger partial charge in [0.1, 0.15) is 0 Å². The zero-order valence-electron chi connectivity index (χ0n) is 7.99. The molecule has 0 amide bonds. The second-order valence-electron chi connectivity index (χ2n) is 3.94. The molecule has 0 radical (unpaired) electrons. The summed E-state index contributed by atoms with van der Waals surface area (Å²) in [6.07, 6.45) is 0.412. The van der Waals surface area contributed by atoms with Crippen molar-refractivity contribution >= 4 is 34.7 Å². The number of Topliss-reactive ketones (excluding diaryl/α,β-unsaturated/α-hetero) is 1. The van der Waals surface area contributed by atoms with Crippen molar-refractivity contribution in [3.8, 4) is 0 Å². The molecule has 0 aliphatic heterocycles. The Balaban J connectivity index is 2.20. The Morgan fingerprint density at radius 1 is 1.67 bits per heavy atom. The van der Waals surface area contributed by atoms with E-state index in [-0.39, 0.29) is 5.78 Å². The first-order chi connectivity index (χ1) is 6.97. The van der Waals surface area contributed by atoms with Crippen LogP contribution in [0.1, 0.15) is 23.0 Å². The third kappa shape index (κ3) is 1.58. The molecule has 5 heteroatoms. The van der Waals surface area contributed by atoms with Gasteiger partial charge >= 0.3 is 5.97 Å². The third-order valence-electron chi connectivity index (χ3n) is 2.88. The molecule has 0 aromatic carbocycles. The van der Waals surface area contributed by atoms with Gasteiger partial charge in [0, 0.05) is 5.92 Å². The number of rotatable bonds is 3. The molecule has 80 valence electrons. The van der Waals surface area contributed by atoms with Gasteiger partial charge in [0.25, 0.3) is 0 Å². The van der Waals surface area contributed by atoms with Crippen LogP contribution in [0, 0.1) is 11.3 Å². The molecule has 2 rings (SSSR count). The van der Waals surface area contributed by atoms with Crippen LogP contribution >= 0.6 is 22.9 Å². The first-order valence-corrected chi connectivity index (χ1v) is 5.73. The number of carbonyl (C=O) groups is 2. The SMILES string of the molecule is CC1(C(=O)O)CC1C(=O)c1sccc1Cl. The smallest absolute Gasteiger partial charge is 0.310 e. The summed E-state index contributed by atoms with van der Waals surface area (Å²) in [5.41, 5.74) is -0.885. The Bertz CT molecular complexity index is 440. The summed E-state index contributed by atoms with van der Waals surface area (Å²) in [7, 11) is 0. The maximum Gasteiger partial charge on any atom is 0.310 e. The molecule has 0 saturated heterocycles. The summed E-state index contributed by atoms with van der Waals surface area (Å²) in [6, 6.07) is 1.65. The number of halogens is 1. The predicted octanol–water partition coefficient (Wildman–Crippen LogP) is 2.70. The van der Waals surface area contributed by atoms with Gasteiger partial charge in [0.05, 0.1) is 15.3 Å². The van der Waals surface area contributed by atoms with Crippen molar-refractivity contribution in [3.63, 3.8) is 0 Å². The second kappa shape index (κ2) is 3.32. The average molecular weight is 245 g/mol. The zero-order chi connectivity index (χ0) is 11.2. The molecule has 1 aliphatic rings. The second-order valence-corrected chi connectivity index (χ2v) is 5.26. The van der Waals surface area contributed by atoms with Gasteiger partial charge in [-0.25, -0.2) is 0 Å². The van der Waals surface area contributed by atoms with Crippen LogP contribution in [0.5, 0.6) is 0 Å². The topological polar surface area (TPSA) is 54.4 Å². The summed E-state index contributed by atoms with van der Waals surface area (Å²) in [6.45, 7) is 1.60. The van der Waals surface area contributed by atoms with Crippen molar-refractivity contribution in [2.75, 3.05) is 0 Å². The van der Waals surface area contributed by atoms with Crippen molar-refractivity contribution in [3.05, 3.63) is 21.3 Å². The fraction of sp³-hybridized carbons (Fsp3) is 0.400. The number of thiophene rings is 1. The molecule has 1 fully saturated rings. The lowest BCUT2D eigenvalue weighted by Crippen LogP contribution is -2.17. The van der Waals surface area contributed by atoms with Gasteiger partial charge < -0.3 is 5.11 Å². The fourth-order valence-electron chi connectivity index (χ4n) is 1.61. The van der Waals surface area contributed by atoms with Crippen molar-refractivity contribution in [1.29, 1.82) is 0 Å². The molecule has 1 aliphatic carbocycles. The molecule has 0 bridgehead atoms. The van der Waals surface area contributed by atoms with Gasteiger partial charge in [-0.15, -0.1) is 11.3 Å². The lowest BCUT2D eigenvalue weighted by molar-refractivity contribution is -0.143. The van der Waals surface area contributed by atoms with Crippen LogP contribution in [-0.4, -0.2) is 16.9 Å². The quantitative estimate of drug-likeness (QED) is 0.832. The van der Waals surface area contributed by atoms with E-state index in [1.807, 2.05) is 0 Å². The first kappa shape index (κ1) is 10.6. The van der Waals surface area contributed by atoms with Crippen LogP contribution in [0.3, 0.4) is 0 Å². The molecule has 3 nitrogen and oxygen atoms in total. The molecule has 2 atom stereocenters. The molecule has 1 aromatic rings. The monoisotopic (exact) mass is 244 g/mol. The van der Waals surface area contributed by atoms with Crippen LogP contribution in [0.25, 0.3) is 0 Å². The third-order valence-corrected chi connectivity index (χ3v) is 4.24. The number of carboxylic acid groups (broad SMARTS) is 1. The van der Waals surface area contributed by atoms with Gasteiger partial charge in [0.15, 0.2) is 5.78 Å². The number of carbonyl (C=O) groups excluding carboxylic acids is 1. The normalized spacial score (nSPS) is 28.8. The average Bonchev–Trinajstić information content (AvgIpc) is 2.68. The van der Waals surface area contributed by atoms with Gasteiger partial charge in [-0.3, -0.25) is 9.59 Å². The minimum Gasteiger partial charge on any atom is -0.481 e. The number of hydrogen-bond donors (Lipinski definition) is 1. The van der Waals surface area contributed by atoms with E-state index < -0.39 is 17.3 Å². The van der Waals surface area contributed by atoms with E-state index in [9.17, 15) is 9.59 Å². The molecule has 0 spiro atoms. The van der Waals surface area contributed by atoms with Crippen LogP contribution in [0.2, 0.25) is 5.02 Å². The standard InChI is InChI=1S/C10H9ClO3S/c1-10(9(13)14)4-5(10)7(12)8-6(11)2-3-15-8/h2-3,5H,4H2,1H3,(H,13,14). The van der Waals surface area contributed by atoms with Crippen LogP contribution in [0.4, 0.5) is 0 Å². The first-order valence-electron chi connectivity index (χ1n) is 4.47. The lowest BCUT2D eigenvalue weighted by atomic mass is 10.0. The fourth-order valence-corrected chi connectivity index (χ4v) is 2.76. The number of hydrogen-bond acceptors (Lipinski definition) is 3. The number of carboxylic acids is 1. The highest BCUT2D eigenvalue weighted by Crippen LogP contribution is 2.54. The van der Waals surface area contributed by atoms with Crippen LogP contribution in [0.15, 0.2) is 11.4 Å². The van der Waals surface area contributed by atoms with Gasteiger partial charge in [-0.2, -0.15) is 0 Å². The van der Waals surface area contributed by atoms with Crippen molar-refractivity contribution in [1.82, 2.24) is 0 Å². The Morgan fingerprint density at radius 2 is 2.33 bits per heavy atom. The highest BCUT2D eigenvalue weighted by Gasteiger charge is 2.60. The predicted molar refractivity (Wildman–Crippen MR) is 57.5 cm³/mol. The minimum atomic E-state index is -0.909. The van der Waals surface area contributed by atoms with Gasteiger partial charge in [-0.1, -0.05) is 11.6 Å². The highest BCUT2D eigenvalue weighted by atomic mass is 35.5. The zero-order valence-corrected chi connectivity index (χ0v) is 9.56. The van der Waals surface area contributed by atoms with E-state index >= 15 is 0 Å². The molecular weight excluding hydrogens is 236 g/mol. The highest BCUT2D eigenvalue weighted by molar-refractivity contribution is 7.12. The van der Waals surface area contributed by atoms with Crippen LogP contribution < -0.4 is 0 Å². The summed E-state index contributed by atoms with van der Waals surface area (Å²) in [4.78, 5) is 23.2. The molecule has 1 heterocycles.